The summed E-state index contributed by atoms with van der Waals surface area (Å²) in [5, 5.41) is 12.0. The first kappa shape index (κ1) is 25.1. The third-order valence-corrected chi connectivity index (χ3v) is 7.80. The van der Waals surface area contributed by atoms with Crippen LogP contribution in [0, 0.1) is 11.6 Å². The van der Waals surface area contributed by atoms with E-state index in [0.29, 0.717) is 21.5 Å². The van der Waals surface area contributed by atoms with Crippen LogP contribution in [-0.4, -0.2) is 39.5 Å². The predicted molar refractivity (Wildman–Crippen MR) is 128 cm³/mol. The molecule has 0 bridgehead atoms. The number of thiophene rings is 1. The molecule has 0 saturated heterocycles. The van der Waals surface area contributed by atoms with Gasteiger partial charge in [-0.2, -0.15) is 0 Å². The van der Waals surface area contributed by atoms with Gasteiger partial charge in [0.05, 0.1) is 18.4 Å². The lowest BCUT2D eigenvalue weighted by atomic mass is 9.95. The van der Waals surface area contributed by atoms with Crippen molar-refractivity contribution in [2.45, 2.75) is 43.9 Å². The zero-order chi connectivity index (χ0) is 25.1. The largest absolute Gasteiger partial charge is 0.480 e. The van der Waals surface area contributed by atoms with E-state index in [0.717, 1.165) is 48.3 Å². The predicted octanol–water partition coefficient (Wildman–Crippen LogP) is 4.69. The molecule has 1 amide bonds. The van der Waals surface area contributed by atoms with E-state index < -0.39 is 23.7 Å². The highest BCUT2D eigenvalue weighted by atomic mass is 32.2. The van der Waals surface area contributed by atoms with E-state index in [1.165, 1.54) is 36.3 Å². The fourth-order valence-corrected chi connectivity index (χ4v) is 5.90. The number of benzene rings is 1. The number of anilines is 1. The summed E-state index contributed by atoms with van der Waals surface area (Å²) in [4.78, 5) is 26.2. The lowest BCUT2D eigenvalue weighted by molar-refractivity contribution is -0.113. The molecule has 8 nitrogen and oxygen atoms in total. The second kappa shape index (κ2) is 10.7. The number of thioether (sulfide) groups is 1. The molecular weight excluding hydrogens is 498 g/mol. The summed E-state index contributed by atoms with van der Waals surface area (Å²) in [5.41, 5.74) is 1.42. The molecule has 4 rings (SSSR count). The van der Waals surface area contributed by atoms with Crippen molar-refractivity contribution in [1.82, 2.24) is 14.8 Å². The number of hydrogen-bond acceptors (Lipinski definition) is 8. The number of fused-ring (bicyclic) bond motifs is 1. The van der Waals surface area contributed by atoms with Gasteiger partial charge in [0.25, 0.3) is 0 Å². The topological polar surface area (TPSA) is 95.3 Å². The van der Waals surface area contributed by atoms with Gasteiger partial charge >= 0.3 is 5.97 Å². The molecule has 1 unspecified atom stereocenters. The van der Waals surface area contributed by atoms with E-state index in [-0.39, 0.29) is 17.4 Å². The lowest BCUT2D eigenvalue weighted by Gasteiger charge is -2.14. The molecule has 0 spiro atoms. The van der Waals surface area contributed by atoms with Crippen LogP contribution in [0.1, 0.15) is 52.5 Å². The highest BCUT2D eigenvalue weighted by Crippen LogP contribution is 2.38. The van der Waals surface area contributed by atoms with Gasteiger partial charge in [0.1, 0.15) is 10.8 Å². The molecule has 3 aromatic rings. The van der Waals surface area contributed by atoms with Crippen molar-refractivity contribution in [3.63, 3.8) is 0 Å². The number of aromatic nitrogens is 3. The Bertz CT molecular complexity index is 1260. The third-order valence-electron chi connectivity index (χ3n) is 5.58. The summed E-state index contributed by atoms with van der Waals surface area (Å²) >= 11 is 2.59. The number of amides is 1. The average Bonchev–Trinajstić information content (AvgIpc) is 3.38. The second-order valence-corrected chi connectivity index (χ2v) is 10.0. The molecule has 1 aliphatic rings. The lowest BCUT2D eigenvalue weighted by Crippen LogP contribution is -2.17. The molecule has 12 heteroatoms. The van der Waals surface area contributed by atoms with Crippen LogP contribution in [0.3, 0.4) is 0 Å². The SMILES string of the molecule is COC(=O)c1c(NC(=O)CSc2nnc(C(C)Oc3ccc(F)cc3F)n2C)sc2c1CCCC2. The number of carbonyl (C=O) groups is 2. The van der Waals surface area contributed by atoms with E-state index in [4.69, 9.17) is 9.47 Å². The average molecular weight is 523 g/mol. The quantitative estimate of drug-likeness (QED) is 0.339. The standard InChI is InChI=1S/C23H24F2N4O4S2/c1-12(33-16-9-8-13(24)10-15(16)25)20-27-28-23(29(20)2)34-11-18(30)26-21-19(22(31)32-3)14-6-4-5-7-17(14)35-21/h8-10,12H,4-7,11H2,1-3H3,(H,26,30). The molecule has 0 aliphatic heterocycles. The summed E-state index contributed by atoms with van der Waals surface area (Å²) < 4.78 is 39.2. The minimum Gasteiger partial charge on any atom is -0.480 e. The van der Waals surface area contributed by atoms with Crippen LogP contribution in [0.5, 0.6) is 5.75 Å². The van der Waals surface area contributed by atoms with Crippen LogP contribution in [-0.2, 0) is 29.4 Å². The fourth-order valence-electron chi connectivity index (χ4n) is 3.88. The number of halogens is 2. The van der Waals surface area contributed by atoms with Gasteiger partial charge in [-0.05, 0) is 50.3 Å². The third kappa shape index (κ3) is 5.48. The van der Waals surface area contributed by atoms with Crippen LogP contribution in [0.25, 0.3) is 0 Å². The van der Waals surface area contributed by atoms with E-state index in [9.17, 15) is 18.4 Å². The number of hydrogen-bond donors (Lipinski definition) is 1. The molecule has 0 fully saturated rings. The molecule has 186 valence electrons. The second-order valence-electron chi connectivity index (χ2n) is 7.98. The van der Waals surface area contributed by atoms with Crippen molar-refractivity contribution in [1.29, 1.82) is 0 Å². The van der Waals surface area contributed by atoms with E-state index in [1.54, 1.807) is 18.5 Å². The summed E-state index contributed by atoms with van der Waals surface area (Å²) in [6.45, 7) is 1.67. The first-order valence-corrected chi connectivity index (χ1v) is 12.7. The molecule has 1 aromatic carbocycles. The fraction of sp³-hybridized carbons (Fsp3) is 0.391. The number of nitrogens with zero attached hydrogens (tertiary/aromatic N) is 3. The number of ether oxygens (including phenoxy) is 2. The van der Waals surface area contributed by atoms with E-state index in [1.807, 2.05) is 0 Å². The summed E-state index contributed by atoms with van der Waals surface area (Å²) in [6.07, 6.45) is 3.07. The first-order valence-electron chi connectivity index (χ1n) is 10.9. The molecule has 0 saturated carbocycles. The van der Waals surface area contributed by atoms with Gasteiger partial charge in [-0.25, -0.2) is 13.6 Å². The van der Waals surface area contributed by atoms with Gasteiger partial charge in [0, 0.05) is 18.0 Å². The number of aryl methyl sites for hydroxylation is 1. The van der Waals surface area contributed by atoms with Crippen LogP contribution in [0.4, 0.5) is 13.8 Å². The molecule has 35 heavy (non-hydrogen) atoms. The normalized spacial score (nSPS) is 13.7. The Labute approximate surface area is 209 Å². The van der Waals surface area contributed by atoms with Crippen LogP contribution >= 0.6 is 23.1 Å². The van der Waals surface area contributed by atoms with Crippen molar-refractivity contribution in [2.24, 2.45) is 7.05 Å². The molecule has 2 heterocycles. The maximum atomic E-state index is 13.9. The summed E-state index contributed by atoms with van der Waals surface area (Å²) in [5.74, 6) is -1.90. The van der Waals surface area contributed by atoms with Gasteiger partial charge in [-0.1, -0.05) is 11.8 Å². The Morgan fingerprint density at radius 1 is 1.26 bits per heavy atom. The van der Waals surface area contributed by atoms with Crippen LogP contribution in [0.15, 0.2) is 23.4 Å². The van der Waals surface area contributed by atoms with Gasteiger partial charge in [0.15, 0.2) is 28.7 Å². The number of carbonyl (C=O) groups excluding carboxylic acids is 2. The number of nitrogens with one attached hydrogen (secondary N) is 1. The number of rotatable bonds is 8. The highest BCUT2D eigenvalue weighted by Gasteiger charge is 2.27. The molecular formula is C23H24F2N4O4S2. The Balaban J connectivity index is 1.40. The van der Waals surface area contributed by atoms with E-state index >= 15 is 0 Å². The zero-order valence-electron chi connectivity index (χ0n) is 19.4. The van der Waals surface area contributed by atoms with Crippen molar-refractivity contribution >= 4 is 40.0 Å². The minimum absolute atomic E-state index is 0.0387. The molecule has 0 radical (unpaired) electrons. The Morgan fingerprint density at radius 2 is 2.03 bits per heavy atom. The van der Waals surface area contributed by atoms with Crippen molar-refractivity contribution in [3.8, 4) is 5.75 Å². The number of methoxy groups -OCH3 is 1. The van der Waals surface area contributed by atoms with Gasteiger partial charge in [-0.15, -0.1) is 21.5 Å². The Kier molecular flexibility index (Phi) is 7.70. The van der Waals surface area contributed by atoms with Crippen LogP contribution in [0.2, 0.25) is 0 Å². The Hall–Kier alpha value is -2.99. The van der Waals surface area contributed by atoms with Gasteiger partial charge in [0.2, 0.25) is 5.91 Å². The van der Waals surface area contributed by atoms with Gasteiger partial charge in [-0.3, -0.25) is 4.79 Å². The highest BCUT2D eigenvalue weighted by molar-refractivity contribution is 7.99. The molecule has 1 N–H and O–H groups in total. The molecule has 2 aromatic heterocycles. The Morgan fingerprint density at radius 3 is 2.77 bits per heavy atom. The maximum Gasteiger partial charge on any atom is 0.341 e. The van der Waals surface area contributed by atoms with Crippen molar-refractivity contribution in [2.75, 3.05) is 18.2 Å². The summed E-state index contributed by atoms with van der Waals surface area (Å²) in [6, 6.07) is 3.06. The molecule has 1 atom stereocenters. The smallest absolute Gasteiger partial charge is 0.341 e. The van der Waals surface area contributed by atoms with Crippen molar-refractivity contribution in [3.05, 3.63) is 51.7 Å². The maximum absolute atomic E-state index is 13.9. The van der Waals surface area contributed by atoms with Crippen LogP contribution < -0.4 is 10.1 Å². The summed E-state index contributed by atoms with van der Waals surface area (Å²) in [7, 11) is 3.04. The van der Waals surface area contributed by atoms with Gasteiger partial charge < -0.3 is 19.4 Å². The zero-order valence-corrected chi connectivity index (χ0v) is 21.0. The monoisotopic (exact) mass is 522 g/mol. The first-order chi connectivity index (χ1) is 16.8. The van der Waals surface area contributed by atoms with Crippen molar-refractivity contribution < 1.29 is 27.8 Å². The van der Waals surface area contributed by atoms with E-state index in [2.05, 4.69) is 15.5 Å². The minimum atomic E-state index is -0.813. The number of esters is 1. The molecule has 1 aliphatic carbocycles.